The first-order chi connectivity index (χ1) is 14.5. The molecule has 0 N–H and O–H groups in total. The number of hydrogen-bond acceptors (Lipinski definition) is 5. The molecule has 3 heterocycles. The van der Waals surface area contributed by atoms with Gasteiger partial charge in [-0.2, -0.15) is 5.10 Å². The standard InChI is InChI=1S/C22H19BrN4O3/c1-13-5-14(2)7-16(6-13)27-21-17(10-25-27)22(28)26(12-24-21)11-15-8-19-20(9-18(15)23)30-4-3-29-19/h5-10,12H,3-4,11H2,1-2H3. The third-order valence-electron chi connectivity index (χ3n) is 5.06. The van der Waals surface area contributed by atoms with E-state index in [0.717, 1.165) is 26.9 Å². The number of aromatic nitrogens is 4. The molecule has 0 saturated heterocycles. The lowest BCUT2D eigenvalue weighted by molar-refractivity contribution is 0.171. The van der Waals surface area contributed by atoms with Crippen LogP contribution in [0, 0.1) is 13.8 Å². The molecule has 0 fully saturated rings. The molecule has 4 aromatic rings. The smallest absolute Gasteiger partial charge is 0.264 e. The first-order valence-electron chi connectivity index (χ1n) is 9.59. The maximum atomic E-state index is 13.1. The van der Waals surface area contributed by atoms with Gasteiger partial charge in [0.1, 0.15) is 24.9 Å². The van der Waals surface area contributed by atoms with Crippen molar-refractivity contribution in [2.24, 2.45) is 0 Å². The van der Waals surface area contributed by atoms with E-state index in [9.17, 15) is 4.79 Å². The molecule has 0 saturated carbocycles. The monoisotopic (exact) mass is 466 g/mol. The van der Waals surface area contributed by atoms with Crippen LogP contribution in [0.15, 0.2) is 52.1 Å². The summed E-state index contributed by atoms with van der Waals surface area (Å²) in [5.74, 6) is 1.39. The molecular weight excluding hydrogens is 448 g/mol. The molecule has 2 aromatic heterocycles. The zero-order chi connectivity index (χ0) is 20.8. The number of hydrogen-bond donors (Lipinski definition) is 0. The number of ether oxygens (including phenoxy) is 2. The quantitative estimate of drug-likeness (QED) is 0.459. The Bertz CT molecular complexity index is 1320. The van der Waals surface area contributed by atoms with Gasteiger partial charge in [0.05, 0.1) is 18.4 Å². The third-order valence-corrected chi connectivity index (χ3v) is 5.80. The molecule has 0 radical (unpaired) electrons. The lowest BCUT2D eigenvalue weighted by atomic mass is 10.1. The van der Waals surface area contributed by atoms with Crippen molar-refractivity contribution in [2.75, 3.05) is 13.2 Å². The molecule has 1 aliphatic heterocycles. The summed E-state index contributed by atoms with van der Waals surface area (Å²) >= 11 is 3.57. The fourth-order valence-electron chi connectivity index (χ4n) is 3.73. The van der Waals surface area contributed by atoms with E-state index in [-0.39, 0.29) is 5.56 Å². The average Bonchev–Trinajstić information content (AvgIpc) is 3.15. The molecule has 0 aliphatic carbocycles. The second-order valence-electron chi connectivity index (χ2n) is 7.40. The Morgan fingerprint density at radius 2 is 1.73 bits per heavy atom. The van der Waals surface area contributed by atoms with Crippen LogP contribution in [0.2, 0.25) is 0 Å². The van der Waals surface area contributed by atoms with Crippen molar-refractivity contribution in [3.8, 4) is 17.2 Å². The van der Waals surface area contributed by atoms with E-state index < -0.39 is 0 Å². The average molecular weight is 467 g/mol. The van der Waals surface area contributed by atoms with Crippen LogP contribution >= 0.6 is 15.9 Å². The second-order valence-corrected chi connectivity index (χ2v) is 8.26. The minimum atomic E-state index is -0.141. The fourth-order valence-corrected chi connectivity index (χ4v) is 4.18. The summed E-state index contributed by atoms with van der Waals surface area (Å²) in [5, 5.41) is 4.90. The number of fused-ring (bicyclic) bond motifs is 2. The SMILES string of the molecule is Cc1cc(C)cc(-n2ncc3c(=O)n(Cc4cc5c(cc4Br)OCCO5)cnc32)c1. The molecule has 152 valence electrons. The number of benzene rings is 2. The van der Waals surface area contributed by atoms with Gasteiger partial charge >= 0.3 is 0 Å². The minimum absolute atomic E-state index is 0.141. The summed E-state index contributed by atoms with van der Waals surface area (Å²) in [6, 6.07) is 9.92. The molecule has 0 atom stereocenters. The molecule has 0 spiro atoms. The zero-order valence-corrected chi connectivity index (χ0v) is 18.1. The van der Waals surface area contributed by atoms with Crippen LogP contribution in [-0.4, -0.2) is 32.5 Å². The van der Waals surface area contributed by atoms with E-state index in [2.05, 4.69) is 32.1 Å². The largest absolute Gasteiger partial charge is 0.486 e. The Balaban J connectivity index is 1.55. The first kappa shape index (κ1) is 18.9. The molecule has 0 amide bonds. The zero-order valence-electron chi connectivity index (χ0n) is 16.6. The molecule has 0 bridgehead atoms. The van der Waals surface area contributed by atoms with Gasteiger partial charge in [0.2, 0.25) is 0 Å². The second kappa shape index (κ2) is 7.28. The molecule has 5 rings (SSSR count). The van der Waals surface area contributed by atoms with E-state index in [1.165, 1.54) is 0 Å². The van der Waals surface area contributed by atoms with E-state index in [1.54, 1.807) is 21.8 Å². The van der Waals surface area contributed by atoms with Crippen LogP contribution < -0.4 is 15.0 Å². The molecule has 7 nitrogen and oxygen atoms in total. The maximum absolute atomic E-state index is 13.1. The van der Waals surface area contributed by atoms with Gasteiger partial charge < -0.3 is 9.47 Å². The number of halogens is 1. The number of nitrogens with zero attached hydrogens (tertiary/aromatic N) is 4. The predicted octanol–water partition coefficient (Wildman–Crippen LogP) is 3.78. The summed E-state index contributed by atoms with van der Waals surface area (Å²) in [7, 11) is 0. The molecular formula is C22H19BrN4O3. The topological polar surface area (TPSA) is 71.2 Å². The van der Waals surface area contributed by atoms with Gasteiger partial charge in [0.25, 0.3) is 5.56 Å². The van der Waals surface area contributed by atoms with E-state index >= 15 is 0 Å². The van der Waals surface area contributed by atoms with Crippen molar-refractivity contribution < 1.29 is 9.47 Å². The summed E-state index contributed by atoms with van der Waals surface area (Å²) in [4.78, 5) is 17.7. The van der Waals surface area contributed by atoms with Crippen LogP contribution in [0.3, 0.4) is 0 Å². The van der Waals surface area contributed by atoms with Gasteiger partial charge in [0.15, 0.2) is 17.1 Å². The van der Waals surface area contributed by atoms with Gasteiger partial charge in [-0.25, -0.2) is 9.67 Å². The summed E-state index contributed by atoms with van der Waals surface area (Å²) < 4.78 is 15.4. The van der Waals surface area contributed by atoms with Crippen LogP contribution in [0.25, 0.3) is 16.7 Å². The van der Waals surface area contributed by atoms with Gasteiger partial charge in [-0.1, -0.05) is 22.0 Å². The predicted molar refractivity (Wildman–Crippen MR) is 117 cm³/mol. The van der Waals surface area contributed by atoms with Crippen molar-refractivity contribution in [3.05, 3.63) is 74.4 Å². The van der Waals surface area contributed by atoms with Crippen molar-refractivity contribution >= 4 is 27.0 Å². The van der Waals surface area contributed by atoms with Crippen LogP contribution in [-0.2, 0) is 6.54 Å². The van der Waals surface area contributed by atoms with Crippen molar-refractivity contribution in [2.45, 2.75) is 20.4 Å². The van der Waals surface area contributed by atoms with Gasteiger partial charge in [-0.05, 0) is 54.8 Å². The molecule has 0 unspecified atom stereocenters. The number of aryl methyl sites for hydroxylation is 2. The Labute approximate surface area is 181 Å². The van der Waals surface area contributed by atoms with Crippen molar-refractivity contribution in [3.63, 3.8) is 0 Å². The van der Waals surface area contributed by atoms with Gasteiger partial charge in [-0.15, -0.1) is 0 Å². The summed E-state index contributed by atoms with van der Waals surface area (Å²) in [6.07, 6.45) is 3.15. The normalized spacial score (nSPS) is 13.0. The Morgan fingerprint density at radius 3 is 2.47 bits per heavy atom. The maximum Gasteiger partial charge on any atom is 0.264 e. The van der Waals surface area contributed by atoms with Gasteiger partial charge in [0, 0.05) is 4.47 Å². The van der Waals surface area contributed by atoms with Crippen LogP contribution in [0.5, 0.6) is 11.5 Å². The molecule has 2 aromatic carbocycles. The molecule has 30 heavy (non-hydrogen) atoms. The highest BCUT2D eigenvalue weighted by Gasteiger charge is 2.17. The summed E-state index contributed by atoms with van der Waals surface area (Å²) in [5.41, 5.74) is 4.46. The van der Waals surface area contributed by atoms with Crippen LogP contribution in [0.1, 0.15) is 16.7 Å². The highest BCUT2D eigenvalue weighted by atomic mass is 79.9. The van der Waals surface area contributed by atoms with E-state index in [1.807, 2.05) is 38.1 Å². The first-order valence-corrected chi connectivity index (χ1v) is 10.4. The Morgan fingerprint density at radius 1 is 1.03 bits per heavy atom. The number of rotatable bonds is 3. The third kappa shape index (κ3) is 3.27. The lowest BCUT2D eigenvalue weighted by Gasteiger charge is -2.20. The summed E-state index contributed by atoms with van der Waals surface area (Å²) in [6.45, 7) is 5.47. The fraction of sp³-hybridized carbons (Fsp3) is 0.227. The molecule has 1 aliphatic rings. The highest BCUT2D eigenvalue weighted by Crippen LogP contribution is 2.35. The minimum Gasteiger partial charge on any atom is -0.486 e. The molecule has 8 heteroatoms. The lowest BCUT2D eigenvalue weighted by Crippen LogP contribution is -2.22. The highest BCUT2D eigenvalue weighted by molar-refractivity contribution is 9.10. The van der Waals surface area contributed by atoms with E-state index in [0.29, 0.717) is 42.3 Å². The Kier molecular flexibility index (Phi) is 4.58. The Hall–Kier alpha value is -3.13. The van der Waals surface area contributed by atoms with Crippen molar-refractivity contribution in [1.82, 2.24) is 19.3 Å². The van der Waals surface area contributed by atoms with Crippen LogP contribution in [0.4, 0.5) is 0 Å². The van der Waals surface area contributed by atoms with E-state index in [4.69, 9.17) is 9.47 Å². The van der Waals surface area contributed by atoms with Crippen molar-refractivity contribution in [1.29, 1.82) is 0 Å². The van der Waals surface area contributed by atoms with Gasteiger partial charge in [-0.3, -0.25) is 9.36 Å².